The van der Waals surface area contributed by atoms with Gasteiger partial charge in [0.05, 0.1) is 18.2 Å². The molecule has 154 valence electrons. The van der Waals surface area contributed by atoms with Gasteiger partial charge in [-0.25, -0.2) is 8.78 Å². The molecule has 0 saturated heterocycles. The average molecular weight is 416 g/mol. The Labute approximate surface area is 178 Å². The molecule has 0 fully saturated rings. The summed E-state index contributed by atoms with van der Waals surface area (Å²) in [5, 5.41) is 0. The van der Waals surface area contributed by atoms with E-state index >= 15 is 0 Å². The summed E-state index contributed by atoms with van der Waals surface area (Å²) in [6.07, 6.45) is 4.75. The zero-order valence-corrected chi connectivity index (χ0v) is 16.7. The Morgan fingerprint density at radius 2 is 1.74 bits per heavy atom. The van der Waals surface area contributed by atoms with E-state index in [1.807, 2.05) is 37.3 Å². The lowest BCUT2D eigenvalue weighted by Crippen LogP contribution is -2.10. The van der Waals surface area contributed by atoms with Crippen molar-refractivity contribution < 1.29 is 18.3 Å². The number of benzene rings is 2. The minimum atomic E-state index is -0.873. The number of aromatic nitrogens is 2. The monoisotopic (exact) mass is 416 g/mol. The maximum atomic E-state index is 13.8. The van der Waals surface area contributed by atoms with Crippen LogP contribution in [0, 0.1) is 18.6 Å². The summed E-state index contributed by atoms with van der Waals surface area (Å²) in [5.74, 6) is -1.11. The van der Waals surface area contributed by atoms with Crippen molar-refractivity contribution in [1.29, 1.82) is 0 Å². The molecule has 0 aliphatic rings. The molecule has 0 N–H and O–H groups in total. The molecule has 2 heterocycles. The normalized spacial score (nSPS) is 10.7. The number of rotatable bonds is 6. The average Bonchev–Trinajstić information content (AvgIpc) is 2.76. The minimum absolute atomic E-state index is 0.193. The smallest absolute Gasteiger partial charge is 0.174 e. The van der Waals surface area contributed by atoms with E-state index in [9.17, 15) is 13.6 Å². The quantitative estimate of drug-likeness (QED) is 0.365. The standard InChI is InChI=1S/C25H18F2N2O2/c1-16-7-10-19(31-20-4-3-11-28-15-20)13-21(16)17-8-9-18(29-14-17)12-24(30)25-22(26)5-2-6-23(25)27/h2-11,13-15H,12H2,1H3. The summed E-state index contributed by atoms with van der Waals surface area (Å²) in [7, 11) is 0. The predicted molar refractivity (Wildman–Crippen MR) is 113 cm³/mol. The summed E-state index contributed by atoms with van der Waals surface area (Å²) in [5.41, 5.74) is 2.67. The molecule has 0 unspecified atom stereocenters. The molecule has 0 amide bonds. The van der Waals surface area contributed by atoms with Crippen LogP contribution in [-0.2, 0) is 6.42 Å². The van der Waals surface area contributed by atoms with E-state index in [-0.39, 0.29) is 6.42 Å². The minimum Gasteiger partial charge on any atom is -0.456 e. The third-order valence-corrected chi connectivity index (χ3v) is 4.80. The van der Waals surface area contributed by atoms with Crippen LogP contribution in [0.5, 0.6) is 11.5 Å². The second kappa shape index (κ2) is 8.83. The van der Waals surface area contributed by atoms with Crippen LogP contribution < -0.4 is 4.74 Å². The number of halogens is 2. The molecule has 0 atom stereocenters. The fourth-order valence-corrected chi connectivity index (χ4v) is 3.22. The van der Waals surface area contributed by atoms with Crippen molar-refractivity contribution >= 4 is 5.78 Å². The number of pyridine rings is 2. The lowest BCUT2D eigenvalue weighted by atomic mass is 10.0. The van der Waals surface area contributed by atoms with Crippen LogP contribution in [0.3, 0.4) is 0 Å². The fourth-order valence-electron chi connectivity index (χ4n) is 3.22. The largest absolute Gasteiger partial charge is 0.456 e. The summed E-state index contributed by atoms with van der Waals surface area (Å²) in [6.45, 7) is 1.97. The van der Waals surface area contributed by atoms with E-state index in [1.54, 1.807) is 30.7 Å². The number of carbonyl (C=O) groups is 1. The van der Waals surface area contributed by atoms with Crippen LogP contribution in [0.4, 0.5) is 8.78 Å². The molecule has 2 aromatic heterocycles. The number of hydrogen-bond acceptors (Lipinski definition) is 4. The lowest BCUT2D eigenvalue weighted by Gasteiger charge is -2.11. The van der Waals surface area contributed by atoms with Crippen molar-refractivity contribution in [1.82, 2.24) is 9.97 Å². The first-order valence-corrected chi connectivity index (χ1v) is 9.62. The van der Waals surface area contributed by atoms with Gasteiger partial charge in [0.1, 0.15) is 23.1 Å². The van der Waals surface area contributed by atoms with E-state index in [0.29, 0.717) is 17.2 Å². The first-order valence-electron chi connectivity index (χ1n) is 9.62. The van der Waals surface area contributed by atoms with Crippen LogP contribution in [-0.4, -0.2) is 15.8 Å². The highest BCUT2D eigenvalue weighted by molar-refractivity contribution is 5.97. The summed E-state index contributed by atoms with van der Waals surface area (Å²) < 4.78 is 33.5. The second-order valence-electron chi connectivity index (χ2n) is 7.00. The maximum absolute atomic E-state index is 13.8. The first-order chi connectivity index (χ1) is 15.0. The number of carbonyl (C=O) groups excluding carboxylic acids is 1. The molecule has 6 heteroatoms. The van der Waals surface area contributed by atoms with E-state index in [4.69, 9.17) is 4.74 Å². The van der Waals surface area contributed by atoms with Crippen molar-refractivity contribution in [3.05, 3.63) is 108 Å². The van der Waals surface area contributed by atoms with Crippen LogP contribution in [0.15, 0.2) is 79.3 Å². The molecular formula is C25H18F2N2O2. The van der Waals surface area contributed by atoms with Crippen molar-refractivity contribution in [2.24, 2.45) is 0 Å². The molecule has 0 saturated carbocycles. The van der Waals surface area contributed by atoms with Gasteiger partial charge >= 0.3 is 0 Å². The Morgan fingerprint density at radius 1 is 0.935 bits per heavy atom. The van der Waals surface area contributed by atoms with Gasteiger partial charge in [-0.05, 0) is 60.5 Å². The molecule has 0 bridgehead atoms. The van der Waals surface area contributed by atoms with E-state index in [2.05, 4.69) is 9.97 Å². The van der Waals surface area contributed by atoms with E-state index in [1.165, 1.54) is 6.07 Å². The molecule has 4 nitrogen and oxygen atoms in total. The van der Waals surface area contributed by atoms with Crippen LogP contribution in [0.2, 0.25) is 0 Å². The van der Waals surface area contributed by atoms with Gasteiger partial charge in [0.15, 0.2) is 5.78 Å². The van der Waals surface area contributed by atoms with Crippen molar-refractivity contribution in [3.8, 4) is 22.6 Å². The van der Waals surface area contributed by atoms with Crippen LogP contribution in [0.1, 0.15) is 21.6 Å². The van der Waals surface area contributed by atoms with Gasteiger partial charge in [-0.15, -0.1) is 0 Å². The number of hydrogen-bond donors (Lipinski definition) is 0. The number of aryl methyl sites for hydroxylation is 1. The Kier molecular flexibility index (Phi) is 5.80. The van der Waals surface area contributed by atoms with Gasteiger partial charge in [-0.2, -0.15) is 0 Å². The first kappa shape index (κ1) is 20.3. The van der Waals surface area contributed by atoms with Crippen molar-refractivity contribution in [2.45, 2.75) is 13.3 Å². The van der Waals surface area contributed by atoms with E-state index in [0.717, 1.165) is 28.8 Å². The molecular weight excluding hydrogens is 398 g/mol. The molecule has 4 rings (SSSR count). The zero-order valence-electron chi connectivity index (χ0n) is 16.7. The van der Waals surface area contributed by atoms with Crippen molar-refractivity contribution in [2.75, 3.05) is 0 Å². The van der Waals surface area contributed by atoms with Crippen LogP contribution >= 0.6 is 0 Å². The topological polar surface area (TPSA) is 52.1 Å². The molecule has 0 radical (unpaired) electrons. The lowest BCUT2D eigenvalue weighted by molar-refractivity contribution is 0.0984. The predicted octanol–water partition coefficient (Wildman–Crippen LogP) is 5.95. The van der Waals surface area contributed by atoms with Crippen molar-refractivity contribution in [3.63, 3.8) is 0 Å². The highest BCUT2D eigenvalue weighted by Gasteiger charge is 2.18. The summed E-state index contributed by atoms with van der Waals surface area (Å²) in [4.78, 5) is 20.7. The third kappa shape index (κ3) is 4.64. The van der Waals surface area contributed by atoms with Gasteiger partial charge in [0, 0.05) is 23.7 Å². The number of ketones is 1. The maximum Gasteiger partial charge on any atom is 0.174 e. The molecule has 0 aliphatic carbocycles. The molecule has 2 aromatic carbocycles. The molecule has 0 aliphatic heterocycles. The fraction of sp³-hybridized carbons (Fsp3) is 0.0800. The number of nitrogens with zero attached hydrogens (tertiary/aromatic N) is 2. The highest BCUT2D eigenvalue weighted by Crippen LogP contribution is 2.30. The molecule has 31 heavy (non-hydrogen) atoms. The SMILES string of the molecule is Cc1ccc(Oc2cccnc2)cc1-c1ccc(CC(=O)c2c(F)cccc2F)nc1. The summed E-state index contributed by atoms with van der Waals surface area (Å²) in [6, 6.07) is 16.2. The molecule has 0 spiro atoms. The van der Waals surface area contributed by atoms with Gasteiger partial charge < -0.3 is 4.74 Å². The Hall–Kier alpha value is -3.93. The van der Waals surface area contributed by atoms with Gasteiger partial charge in [-0.3, -0.25) is 14.8 Å². The zero-order chi connectivity index (χ0) is 21.8. The highest BCUT2D eigenvalue weighted by atomic mass is 19.1. The van der Waals surface area contributed by atoms with E-state index < -0.39 is 23.0 Å². The molecule has 4 aromatic rings. The Bertz CT molecular complexity index is 1210. The Morgan fingerprint density at radius 3 is 2.42 bits per heavy atom. The van der Waals surface area contributed by atoms with Crippen LogP contribution in [0.25, 0.3) is 11.1 Å². The van der Waals surface area contributed by atoms with Gasteiger partial charge in [0.25, 0.3) is 0 Å². The third-order valence-electron chi connectivity index (χ3n) is 4.80. The van der Waals surface area contributed by atoms with Gasteiger partial charge in [0.2, 0.25) is 0 Å². The van der Waals surface area contributed by atoms with Gasteiger partial charge in [-0.1, -0.05) is 18.2 Å². The number of Topliss-reactive ketones (excluding diaryl/α,β-unsaturated/α-hetero) is 1. The Balaban J connectivity index is 1.54. The number of ether oxygens (including phenoxy) is 1. The second-order valence-corrected chi connectivity index (χ2v) is 7.00. The summed E-state index contributed by atoms with van der Waals surface area (Å²) >= 11 is 0.